The average molecular weight is 271 g/mol. The molecule has 1 saturated heterocycles. The number of nitrogens with two attached hydrogens (primary N) is 1. The van der Waals surface area contributed by atoms with E-state index >= 15 is 0 Å². The van der Waals surface area contributed by atoms with E-state index in [0.717, 1.165) is 35.5 Å². The molecule has 4 heterocycles. The van der Waals surface area contributed by atoms with Gasteiger partial charge in [-0.05, 0) is 26.2 Å². The van der Waals surface area contributed by atoms with Gasteiger partial charge >= 0.3 is 0 Å². The lowest BCUT2D eigenvalue weighted by Gasteiger charge is -2.34. The molecule has 2 aromatic rings. The van der Waals surface area contributed by atoms with E-state index in [4.69, 9.17) is 10.5 Å². The summed E-state index contributed by atoms with van der Waals surface area (Å²) < 4.78 is 5.90. The number of fused-ring (bicyclic) bond motifs is 2. The van der Waals surface area contributed by atoms with Crippen molar-refractivity contribution in [2.45, 2.75) is 32.2 Å². The van der Waals surface area contributed by atoms with E-state index in [1.165, 1.54) is 12.8 Å². The quantitative estimate of drug-likeness (QED) is 0.785. The molecule has 6 nitrogen and oxygen atoms in total. The Hall–Kier alpha value is -2.11. The third-order valence-corrected chi connectivity index (χ3v) is 4.07. The Labute approximate surface area is 117 Å². The Kier molecular flexibility index (Phi) is 2.45. The van der Waals surface area contributed by atoms with Crippen molar-refractivity contribution in [2.24, 2.45) is 0 Å². The first-order valence-corrected chi connectivity index (χ1v) is 7.06. The highest BCUT2D eigenvalue weighted by atomic mass is 16.5. The molecule has 0 aliphatic carbocycles. The van der Waals surface area contributed by atoms with Crippen LogP contribution in [0.25, 0.3) is 10.9 Å². The molecule has 104 valence electrons. The van der Waals surface area contributed by atoms with Gasteiger partial charge in [0.25, 0.3) is 0 Å². The molecule has 0 radical (unpaired) electrons. The second kappa shape index (κ2) is 4.19. The number of hydrogen-bond donors (Lipinski definition) is 1. The van der Waals surface area contributed by atoms with Gasteiger partial charge in [0.15, 0.2) is 0 Å². The number of aromatic nitrogens is 3. The van der Waals surface area contributed by atoms with Crippen molar-refractivity contribution < 1.29 is 4.74 Å². The average Bonchev–Trinajstić information content (AvgIpc) is 2.57. The minimum atomic E-state index is 0.372. The van der Waals surface area contributed by atoms with Crippen LogP contribution in [0.1, 0.15) is 25.1 Å². The lowest BCUT2D eigenvalue weighted by molar-refractivity contribution is 0.260. The fourth-order valence-electron chi connectivity index (χ4n) is 3.17. The summed E-state index contributed by atoms with van der Waals surface area (Å²) in [5, 5.41) is 0.897. The number of anilines is 2. The Balaban J connectivity index is 2.02. The monoisotopic (exact) mass is 271 g/mol. The highest BCUT2D eigenvalue weighted by Gasteiger charge is 2.31. The second-order valence-corrected chi connectivity index (χ2v) is 5.49. The zero-order chi connectivity index (χ0) is 13.7. The molecule has 1 fully saturated rings. The van der Waals surface area contributed by atoms with Crippen LogP contribution in [0.15, 0.2) is 6.07 Å². The summed E-state index contributed by atoms with van der Waals surface area (Å²) in [6.07, 6.45) is 3.57. The summed E-state index contributed by atoms with van der Waals surface area (Å²) >= 11 is 0. The van der Waals surface area contributed by atoms with Crippen LogP contribution in [-0.4, -0.2) is 34.1 Å². The molecule has 20 heavy (non-hydrogen) atoms. The number of ether oxygens (including phenoxy) is 1. The first-order valence-electron chi connectivity index (χ1n) is 7.06. The lowest BCUT2D eigenvalue weighted by atomic mass is 10.0. The number of nitrogen functional groups attached to an aromatic ring is 1. The van der Waals surface area contributed by atoms with Crippen LogP contribution in [0.5, 0.6) is 5.88 Å². The molecule has 1 unspecified atom stereocenters. The summed E-state index contributed by atoms with van der Waals surface area (Å²) in [5.41, 5.74) is 6.68. The van der Waals surface area contributed by atoms with Gasteiger partial charge in [0.1, 0.15) is 29.5 Å². The molecule has 6 heteroatoms. The van der Waals surface area contributed by atoms with Crippen LogP contribution in [-0.2, 0) is 0 Å². The molecular formula is C14H17N5O. The van der Waals surface area contributed by atoms with Gasteiger partial charge in [-0.1, -0.05) is 0 Å². The van der Waals surface area contributed by atoms with Gasteiger partial charge < -0.3 is 15.4 Å². The maximum Gasteiger partial charge on any atom is 0.228 e. The van der Waals surface area contributed by atoms with Crippen molar-refractivity contribution in [3.63, 3.8) is 0 Å². The molecule has 0 spiro atoms. The largest absolute Gasteiger partial charge is 0.475 e. The van der Waals surface area contributed by atoms with Crippen molar-refractivity contribution in [3.8, 4) is 5.88 Å². The molecule has 0 amide bonds. The molecule has 2 aliphatic rings. The second-order valence-electron chi connectivity index (χ2n) is 5.49. The summed E-state index contributed by atoms with van der Waals surface area (Å²) in [7, 11) is 0. The van der Waals surface area contributed by atoms with Gasteiger partial charge in [0, 0.05) is 12.6 Å². The third kappa shape index (κ3) is 1.67. The zero-order valence-electron chi connectivity index (χ0n) is 11.5. The third-order valence-electron chi connectivity index (χ3n) is 4.07. The van der Waals surface area contributed by atoms with Crippen LogP contribution < -0.4 is 15.4 Å². The minimum Gasteiger partial charge on any atom is -0.475 e. The first-order chi connectivity index (χ1) is 9.72. The Morgan fingerprint density at radius 2 is 2.20 bits per heavy atom. The minimum absolute atomic E-state index is 0.372. The molecule has 0 aromatic carbocycles. The summed E-state index contributed by atoms with van der Waals surface area (Å²) in [6.45, 7) is 3.57. The van der Waals surface area contributed by atoms with Crippen LogP contribution in [0.4, 0.5) is 11.6 Å². The van der Waals surface area contributed by atoms with Gasteiger partial charge in [0.2, 0.25) is 5.88 Å². The van der Waals surface area contributed by atoms with Gasteiger partial charge in [-0.25, -0.2) is 9.97 Å². The number of piperidine rings is 1. The van der Waals surface area contributed by atoms with Gasteiger partial charge in [-0.3, -0.25) is 0 Å². The maximum atomic E-state index is 5.90. The van der Waals surface area contributed by atoms with E-state index in [-0.39, 0.29) is 0 Å². The standard InChI is InChI=1S/C14H17N5O/c1-8-16-10-6-11(15)18-14-12(10)13(17-8)19-5-3-2-4-9(19)7-20-14/h6,9H,2-5,7H2,1H3,(H2,15,18). The predicted molar refractivity (Wildman–Crippen MR) is 77.0 cm³/mol. The van der Waals surface area contributed by atoms with Gasteiger partial charge in [0.05, 0.1) is 11.6 Å². The van der Waals surface area contributed by atoms with E-state index in [2.05, 4.69) is 19.9 Å². The summed E-state index contributed by atoms with van der Waals surface area (Å²) in [6, 6.07) is 2.17. The Morgan fingerprint density at radius 1 is 1.30 bits per heavy atom. The maximum absolute atomic E-state index is 5.90. The molecule has 1 atom stereocenters. The molecule has 0 saturated carbocycles. The van der Waals surface area contributed by atoms with Crippen molar-refractivity contribution in [2.75, 3.05) is 23.8 Å². The smallest absolute Gasteiger partial charge is 0.228 e. The van der Waals surface area contributed by atoms with E-state index in [0.29, 0.717) is 24.3 Å². The molecule has 0 bridgehead atoms. The predicted octanol–water partition coefficient (Wildman–Crippen LogP) is 1.67. The molecule has 4 rings (SSSR count). The highest BCUT2D eigenvalue weighted by Crippen LogP contribution is 2.37. The summed E-state index contributed by atoms with van der Waals surface area (Å²) in [5.74, 6) is 2.73. The number of rotatable bonds is 0. The first kappa shape index (κ1) is 11.7. The lowest BCUT2D eigenvalue weighted by Crippen LogP contribution is -2.42. The fourth-order valence-corrected chi connectivity index (χ4v) is 3.17. The van der Waals surface area contributed by atoms with Crippen LogP contribution >= 0.6 is 0 Å². The van der Waals surface area contributed by atoms with Crippen LogP contribution in [0, 0.1) is 6.92 Å². The molecule has 2 aromatic heterocycles. The van der Waals surface area contributed by atoms with Crippen molar-refractivity contribution >= 4 is 22.5 Å². The van der Waals surface area contributed by atoms with Gasteiger partial charge in [-0.15, -0.1) is 0 Å². The van der Waals surface area contributed by atoms with E-state index in [1.807, 2.05) is 6.92 Å². The SMILES string of the molecule is Cc1nc2c3c(nc(N)cc3n1)OCC1CCCCN21. The van der Waals surface area contributed by atoms with Crippen molar-refractivity contribution in [1.29, 1.82) is 0 Å². The van der Waals surface area contributed by atoms with Crippen molar-refractivity contribution in [3.05, 3.63) is 11.9 Å². The Morgan fingerprint density at radius 3 is 3.10 bits per heavy atom. The number of nitrogens with zero attached hydrogens (tertiary/aromatic N) is 4. The number of pyridine rings is 1. The molecule has 2 N–H and O–H groups in total. The number of aryl methyl sites for hydroxylation is 1. The highest BCUT2D eigenvalue weighted by molar-refractivity contribution is 5.95. The van der Waals surface area contributed by atoms with Crippen molar-refractivity contribution in [1.82, 2.24) is 15.0 Å². The summed E-state index contributed by atoms with van der Waals surface area (Å²) in [4.78, 5) is 15.8. The van der Waals surface area contributed by atoms with Crippen LogP contribution in [0.2, 0.25) is 0 Å². The van der Waals surface area contributed by atoms with Crippen LogP contribution in [0.3, 0.4) is 0 Å². The molecule has 2 aliphatic heterocycles. The normalized spacial score (nSPS) is 21.2. The van der Waals surface area contributed by atoms with E-state index in [9.17, 15) is 0 Å². The van der Waals surface area contributed by atoms with Gasteiger partial charge in [-0.2, -0.15) is 4.98 Å². The Bertz CT molecular complexity index is 682. The van der Waals surface area contributed by atoms with E-state index < -0.39 is 0 Å². The fraction of sp³-hybridized carbons (Fsp3) is 0.500. The zero-order valence-corrected chi connectivity index (χ0v) is 11.5. The van der Waals surface area contributed by atoms with E-state index in [1.54, 1.807) is 6.07 Å². The molecular weight excluding hydrogens is 254 g/mol. The number of hydrogen-bond acceptors (Lipinski definition) is 6. The topological polar surface area (TPSA) is 77.2 Å².